The lowest BCUT2D eigenvalue weighted by Gasteiger charge is -2.34. The van der Waals surface area contributed by atoms with Gasteiger partial charge in [-0.1, -0.05) is 32.1 Å². The highest BCUT2D eigenvalue weighted by Crippen LogP contribution is 2.33. The molecule has 0 aromatic carbocycles. The molecule has 0 spiro atoms. The third kappa shape index (κ3) is 3.97. The summed E-state index contributed by atoms with van der Waals surface area (Å²) in [5.41, 5.74) is 0. The third-order valence-corrected chi connectivity index (χ3v) is 7.55. The second-order valence-corrected chi connectivity index (χ2v) is 10.2. The van der Waals surface area contributed by atoms with E-state index in [1.807, 2.05) is 13.8 Å². The minimum atomic E-state index is -2.99. The average Bonchev–Trinajstić information content (AvgIpc) is 2.76. The maximum Gasteiger partial charge on any atom is 0.153 e. The molecule has 1 heterocycles. The van der Waals surface area contributed by atoms with Gasteiger partial charge >= 0.3 is 0 Å². The summed E-state index contributed by atoms with van der Waals surface area (Å²) in [5, 5.41) is 0. The molecule has 118 valence electrons. The van der Waals surface area contributed by atoms with Crippen molar-refractivity contribution in [1.82, 2.24) is 4.90 Å². The van der Waals surface area contributed by atoms with Crippen molar-refractivity contribution < 1.29 is 8.42 Å². The molecule has 1 aliphatic heterocycles. The van der Waals surface area contributed by atoms with E-state index >= 15 is 0 Å². The van der Waals surface area contributed by atoms with Crippen LogP contribution in [0.4, 0.5) is 0 Å². The van der Waals surface area contributed by atoms with Crippen LogP contribution in [0.25, 0.3) is 0 Å². The average molecular weight is 301 g/mol. The van der Waals surface area contributed by atoms with Gasteiger partial charge in [0.2, 0.25) is 0 Å². The Kier molecular flexibility index (Phi) is 5.17. The monoisotopic (exact) mass is 301 g/mol. The zero-order valence-corrected chi connectivity index (χ0v) is 14.2. The predicted molar refractivity (Wildman–Crippen MR) is 84.7 cm³/mol. The Labute approximate surface area is 125 Å². The van der Waals surface area contributed by atoms with Gasteiger partial charge in [-0.2, -0.15) is 0 Å². The van der Waals surface area contributed by atoms with Crippen LogP contribution >= 0.6 is 0 Å². The highest BCUT2D eigenvalue weighted by molar-refractivity contribution is 7.92. The highest BCUT2D eigenvalue weighted by Gasteiger charge is 2.36. The van der Waals surface area contributed by atoms with Crippen molar-refractivity contribution in [2.75, 3.05) is 19.3 Å². The molecule has 2 rings (SSSR count). The molecule has 0 bridgehead atoms. The van der Waals surface area contributed by atoms with E-state index in [2.05, 4.69) is 4.90 Å². The normalized spacial score (nSPS) is 27.1. The van der Waals surface area contributed by atoms with Crippen LogP contribution in [0.1, 0.15) is 65.2 Å². The van der Waals surface area contributed by atoms with Crippen molar-refractivity contribution in [3.63, 3.8) is 0 Å². The molecule has 0 N–H and O–H groups in total. The fraction of sp³-hybridized carbons (Fsp3) is 1.00. The van der Waals surface area contributed by atoms with Gasteiger partial charge in [-0.15, -0.1) is 0 Å². The van der Waals surface area contributed by atoms with Crippen molar-refractivity contribution in [3.05, 3.63) is 0 Å². The topological polar surface area (TPSA) is 37.4 Å². The molecule has 1 atom stereocenters. The maximum atomic E-state index is 11.9. The fourth-order valence-corrected chi connectivity index (χ4v) is 4.18. The molecular weight excluding hydrogens is 270 g/mol. The molecule has 2 aliphatic rings. The second kappa shape index (κ2) is 6.35. The molecule has 1 saturated heterocycles. The number of nitrogens with zero attached hydrogens (tertiary/aromatic N) is 1. The minimum absolute atomic E-state index is 0.623. The molecule has 0 amide bonds. The van der Waals surface area contributed by atoms with Crippen LogP contribution in [0.2, 0.25) is 0 Å². The lowest BCUT2D eigenvalue weighted by molar-refractivity contribution is 0.187. The smallest absolute Gasteiger partial charge is 0.153 e. The van der Waals surface area contributed by atoms with E-state index in [-0.39, 0.29) is 0 Å². The van der Waals surface area contributed by atoms with E-state index in [1.54, 1.807) is 0 Å². The van der Waals surface area contributed by atoms with Gasteiger partial charge in [0.25, 0.3) is 0 Å². The van der Waals surface area contributed by atoms with Gasteiger partial charge in [0, 0.05) is 18.8 Å². The summed E-state index contributed by atoms with van der Waals surface area (Å²) in [6, 6.07) is 0.624. The quantitative estimate of drug-likeness (QED) is 0.782. The summed E-state index contributed by atoms with van der Waals surface area (Å²) in [5.74, 6) is 0.885. The van der Waals surface area contributed by atoms with E-state index < -0.39 is 14.6 Å². The van der Waals surface area contributed by atoms with Crippen LogP contribution in [0.5, 0.6) is 0 Å². The van der Waals surface area contributed by atoms with Crippen molar-refractivity contribution in [3.8, 4) is 0 Å². The molecular formula is C16H31NO2S. The SMILES string of the molecule is CC(C)(CN1CCC[C@H]1CC1CCCCC1)S(C)(=O)=O. The van der Waals surface area contributed by atoms with Crippen molar-refractivity contribution in [2.24, 2.45) is 5.92 Å². The molecule has 1 saturated carbocycles. The van der Waals surface area contributed by atoms with Crippen LogP contribution in [0, 0.1) is 5.92 Å². The molecule has 20 heavy (non-hydrogen) atoms. The molecule has 0 aromatic rings. The van der Waals surface area contributed by atoms with Gasteiger partial charge in [0.15, 0.2) is 9.84 Å². The van der Waals surface area contributed by atoms with Crippen molar-refractivity contribution in [1.29, 1.82) is 0 Å². The largest absolute Gasteiger partial charge is 0.299 e. The first-order valence-corrected chi connectivity index (χ1v) is 10.1. The van der Waals surface area contributed by atoms with E-state index in [0.29, 0.717) is 12.6 Å². The van der Waals surface area contributed by atoms with E-state index in [4.69, 9.17) is 0 Å². The molecule has 0 radical (unpaired) electrons. The fourth-order valence-electron chi connectivity index (χ4n) is 3.78. The Morgan fingerprint density at radius 1 is 1.05 bits per heavy atom. The summed E-state index contributed by atoms with van der Waals surface area (Å²) < 4.78 is 23.2. The first-order chi connectivity index (χ1) is 9.29. The summed E-state index contributed by atoms with van der Waals surface area (Å²) in [4.78, 5) is 2.45. The predicted octanol–water partition coefficient (Wildman–Crippen LogP) is 3.24. The van der Waals surface area contributed by atoms with Gasteiger partial charge in [-0.3, -0.25) is 4.90 Å². The zero-order valence-electron chi connectivity index (χ0n) is 13.4. The number of hydrogen-bond acceptors (Lipinski definition) is 3. The molecule has 1 aliphatic carbocycles. The number of rotatable bonds is 5. The van der Waals surface area contributed by atoms with E-state index in [1.165, 1.54) is 57.6 Å². The van der Waals surface area contributed by atoms with Crippen LogP contribution in [-0.2, 0) is 9.84 Å². The van der Waals surface area contributed by atoms with E-state index in [9.17, 15) is 8.42 Å². The van der Waals surface area contributed by atoms with Gasteiger partial charge in [0.05, 0.1) is 4.75 Å². The molecule has 2 fully saturated rings. The second-order valence-electron chi connectivity index (χ2n) is 7.54. The van der Waals surface area contributed by atoms with Crippen LogP contribution in [0.15, 0.2) is 0 Å². The first kappa shape index (κ1) is 16.3. The van der Waals surface area contributed by atoms with Crippen molar-refractivity contribution >= 4 is 9.84 Å². The Morgan fingerprint density at radius 2 is 1.70 bits per heavy atom. The summed E-state index contributed by atoms with van der Waals surface area (Å²) in [6.07, 6.45) is 12.1. The number of likely N-dealkylation sites (tertiary alicyclic amines) is 1. The van der Waals surface area contributed by atoms with Crippen molar-refractivity contribution in [2.45, 2.75) is 76.0 Å². The van der Waals surface area contributed by atoms with Crippen LogP contribution in [0.3, 0.4) is 0 Å². The first-order valence-electron chi connectivity index (χ1n) is 8.23. The van der Waals surface area contributed by atoms with Gasteiger partial charge < -0.3 is 0 Å². The van der Waals surface area contributed by atoms with Gasteiger partial charge in [-0.05, 0) is 45.6 Å². The summed E-state index contributed by atoms with van der Waals surface area (Å²) in [7, 11) is -2.99. The Hall–Kier alpha value is -0.0900. The Morgan fingerprint density at radius 3 is 2.30 bits per heavy atom. The van der Waals surface area contributed by atoms with Gasteiger partial charge in [-0.25, -0.2) is 8.42 Å². The summed E-state index contributed by atoms with van der Waals surface area (Å²) >= 11 is 0. The lowest BCUT2D eigenvalue weighted by atomic mass is 9.84. The Balaban J connectivity index is 1.93. The highest BCUT2D eigenvalue weighted by atomic mass is 32.2. The molecule has 4 heteroatoms. The molecule has 3 nitrogen and oxygen atoms in total. The number of hydrogen-bond donors (Lipinski definition) is 0. The number of sulfone groups is 1. The standard InChI is InChI=1S/C16H31NO2S/c1-16(2,20(3,18)19)13-17-11-7-10-15(17)12-14-8-5-4-6-9-14/h14-15H,4-13H2,1-3H3/t15-/m0/s1. The maximum absolute atomic E-state index is 11.9. The third-order valence-electron chi connectivity index (χ3n) is 5.42. The zero-order chi connectivity index (χ0) is 14.8. The minimum Gasteiger partial charge on any atom is -0.299 e. The van der Waals surface area contributed by atoms with E-state index in [0.717, 1.165) is 12.5 Å². The molecule has 0 unspecified atom stereocenters. The van der Waals surface area contributed by atoms with Crippen LogP contribution < -0.4 is 0 Å². The summed E-state index contributed by atoms with van der Waals surface area (Å²) in [6.45, 7) is 5.52. The Bertz CT molecular complexity index is 410. The molecule has 0 aromatic heterocycles. The van der Waals surface area contributed by atoms with Gasteiger partial charge in [0.1, 0.15) is 0 Å². The lowest BCUT2D eigenvalue weighted by Crippen LogP contribution is -2.46. The van der Waals surface area contributed by atoms with Crippen LogP contribution in [-0.4, -0.2) is 43.5 Å².